The van der Waals surface area contributed by atoms with Crippen molar-refractivity contribution in [3.63, 3.8) is 0 Å². The minimum absolute atomic E-state index is 0.0727. The van der Waals surface area contributed by atoms with Gasteiger partial charge in [-0.3, -0.25) is 9.36 Å². The molecule has 1 aromatic heterocycles. The van der Waals surface area contributed by atoms with Crippen molar-refractivity contribution < 1.29 is 35.9 Å². The summed E-state index contributed by atoms with van der Waals surface area (Å²) < 4.78 is 100. The molecule has 1 aliphatic heterocycles. The van der Waals surface area contributed by atoms with Gasteiger partial charge >= 0.3 is 6.18 Å². The summed E-state index contributed by atoms with van der Waals surface area (Å²) in [4.78, 5) is 14.2. The first-order valence-corrected chi connectivity index (χ1v) is 14.0. The minimum Gasteiger partial charge on any atom is -0.411 e. The largest absolute Gasteiger partial charge is 0.416 e. The summed E-state index contributed by atoms with van der Waals surface area (Å²) in [7, 11) is 0. The van der Waals surface area contributed by atoms with E-state index in [0.717, 1.165) is 36.0 Å². The number of hydrogen-bond acceptors (Lipinski definition) is 4. The summed E-state index contributed by atoms with van der Waals surface area (Å²) in [6.07, 6.45) is -9.29. The Labute approximate surface area is 245 Å². The SMILES string of the molecule is Cc1c(Cc2c(F)cccc2C(F)(F)F)c2n(c(=O)c1-c1cccc(CC(F)F)c1F)C(C(=NO)c1ccccc1)CS2. The molecule has 2 heterocycles. The van der Waals surface area contributed by atoms with Crippen molar-refractivity contribution in [2.45, 2.75) is 43.4 Å². The van der Waals surface area contributed by atoms with Crippen molar-refractivity contribution in [2.75, 3.05) is 5.75 Å². The number of fused-ring (bicyclic) bond motifs is 1. The van der Waals surface area contributed by atoms with E-state index in [2.05, 4.69) is 5.16 Å². The summed E-state index contributed by atoms with van der Waals surface area (Å²) in [6.45, 7) is 1.41. The summed E-state index contributed by atoms with van der Waals surface area (Å²) in [5, 5.41) is 13.6. The molecule has 43 heavy (non-hydrogen) atoms. The van der Waals surface area contributed by atoms with Crippen LogP contribution in [0.4, 0.5) is 30.7 Å². The first-order valence-electron chi connectivity index (χ1n) is 13.0. The van der Waals surface area contributed by atoms with Gasteiger partial charge in [0.05, 0.1) is 22.2 Å². The van der Waals surface area contributed by atoms with Crippen LogP contribution in [0.3, 0.4) is 0 Å². The summed E-state index contributed by atoms with van der Waals surface area (Å²) in [5.41, 5.74) is -2.83. The average molecular weight is 621 g/mol. The second-order valence-corrected chi connectivity index (χ2v) is 11.0. The van der Waals surface area contributed by atoms with Crippen LogP contribution in [0.25, 0.3) is 11.1 Å². The van der Waals surface area contributed by atoms with E-state index in [4.69, 9.17) is 0 Å². The molecule has 0 amide bonds. The molecule has 12 heteroatoms. The molecule has 5 rings (SSSR count). The molecule has 1 atom stereocenters. The number of benzene rings is 3. The Morgan fingerprint density at radius 1 is 1.02 bits per heavy atom. The number of thioether (sulfide) groups is 1. The molecule has 0 fully saturated rings. The standard InChI is InChI=1S/C31H23F7N2O2S/c1-16-20(14-21-22(31(36,37)38)11-6-12-23(21)32)30-40(24(15-43-30)28(39-42)17-7-3-2-4-8-17)29(41)26(16)19-10-5-9-18(27(19)35)13-25(33)34/h2-12,24-25,42H,13-15H2,1H3. The molecule has 4 aromatic rings. The topological polar surface area (TPSA) is 54.6 Å². The third-order valence-electron chi connectivity index (χ3n) is 7.42. The van der Waals surface area contributed by atoms with Gasteiger partial charge in [-0.15, -0.1) is 11.8 Å². The third kappa shape index (κ3) is 5.67. The van der Waals surface area contributed by atoms with E-state index in [1.165, 1.54) is 23.6 Å². The summed E-state index contributed by atoms with van der Waals surface area (Å²) in [6, 6.07) is 13.7. The lowest BCUT2D eigenvalue weighted by atomic mass is 9.91. The normalized spacial score (nSPS) is 15.3. The molecule has 1 N–H and O–H groups in total. The highest BCUT2D eigenvalue weighted by Gasteiger charge is 2.38. The zero-order chi connectivity index (χ0) is 31.1. The Morgan fingerprint density at radius 3 is 2.37 bits per heavy atom. The molecule has 0 saturated carbocycles. The number of pyridine rings is 1. The Kier molecular flexibility index (Phi) is 8.42. The van der Waals surface area contributed by atoms with Gasteiger partial charge in [0, 0.05) is 35.3 Å². The Balaban J connectivity index is 1.81. The zero-order valence-corrected chi connectivity index (χ0v) is 23.2. The van der Waals surface area contributed by atoms with E-state index in [0.29, 0.717) is 5.56 Å². The molecule has 0 radical (unpaired) electrons. The van der Waals surface area contributed by atoms with E-state index in [1.807, 2.05) is 0 Å². The van der Waals surface area contributed by atoms with Crippen LogP contribution in [0.5, 0.6) is 0 Å². The molecular formula is C31H23F7N2O2S. The van der Waals surface area contributed by atoms with Crippen molar-refractivity contribution in [1.29, 1.82) is 0 Å². The fourth-order valence-electron chi connectivity index (χ4n) is 5.43. The van der Waals surface area contributed by atoms with Crippen molar-refractivity contribution in [3.05, 3.63) is 122 Å². The van der Waals surface area contributed by atoms with Gasteiger partial charge in [-0.05, 0) is 35.7 Å². The van der Waals surface area contributed by atoms with Gasteiger partial charge in [-0.25, -0.2) is 17.6 Å². The Bertz CT molecular complexity index is 1770. The second-order valence-electron chi connectivity index (χ2n) is 9.95. The van der Waals surface area contributed by atoms with E-state index in [-0.39, 0.29) is 44.3 Å². The Hall–Kier alpha value is -4.06. The van der Waals surface area contributed by atoms with E-state index in [9.17, 15) is 32.0 Å². The summed E-state index contributed by atoms with van der Waals surface area (Å²) in [5.74, 6) is -2.07. The van der Waals surface area contributed by atoms with Gasteiger partial charge in [0.1, 0.15) is 17.3 Å². The average Bonchev–Trinajstić information content (AvgIpc) is 3.39. The highest BCUT2D eigenvalue weighted by atomic mass is 32.2. The molecule has 0 bridgehead atoms. The lowest BCUT2D eigenvalue weighted by molar-refractivity contribution is -0.138. The van der Waals surface area contributed by atoms with Crippen LogP contribution in [0.1, 0.15) is 39.4 Å². The number of halogens is 7. The fourth-order valence-corrected chi connectivity index (χ4v) is 6.80. The molecule has 1 aliphatic rings. The van der Waals surface area contributed by atoms with Gasteiger partial charge in [0.2, 0.25) is 6.43 Å². The van der Waals surface area contributed by atoms with Crippen LogP contribution < -0.4 is 5.56 Å². The van der Waals surface area contributed by atoms with E-state index >= 15 is 8.78 Å². The van der Waals surface area contributed by atoms with Crippen molar-refractivity contribution in [1.82, 2.24) is 4.57 Å². The van der Waals surface area contributed by atoms with Gasteiger partial charge in [0.25, 0.3) is 5.56 Å². The maximum absolute atomic E-state index is 15.7. The monoisotopic (exact) mass is 620 g/mol. The highest BCUT2D eigenvalue weighted by Crippen LogP contribution is 2.43. The van der Waals surface area contributed by atoms with Crippen LogP contribution in [0.15, 0.2) is 81.7 Å². The third-order valence-corrected chi connectivity index (χ3v) is 8.62. The number of rotatable bonds is 7. The predicted molar refractivity (Wildman–Crippen MR) is 149 cm³/mol. The van der Waals surface area contributed by atoms with Crippen LogP contribution in [0.2, 0.25) is 0 Å². The van der Waals surface area contributed by atoms with Gasteiger partial charge in [-0.2, -0.15) is 13.2 Å². The smallest absolute Gasteiger partial charge is 0.411 e. The zero-order valence-electron chi connectivity index (χ0n) is 22.4. The van der Waals surface area contributed by atoms with Crippen LogP contribution in [0, 0.1) is 18.6 Å². The first kappa shape index (κ1) is 30.4. The second kappa shape index (κ2) is 11.9. The summed E-state index contributed by atoms with van der Waals surface area (Å²) >= 11 is 1.10. The minimum atomic E-state index is -4.89. The predicted octanol–water partition coefficient (Wildman–Crippen LogP) is 8.04. The Morgan fingerprint density at radius 2 is 1.72 bits per heavy atom. The van der Waals surface area contributed by atoms with Crippen LogP contribution in [-0.2, 0) is 19.0 Å². The van der Waals surface area contributed by atoms with E-state index in [1.54, 1.807) is 30.3 Å². The highest BCUT2D eigenvalue weighted by molar-refractivity contribution is 7.99. The molecule has 1 unspecified atom stereocenters. The number of nitrogens with zero attached hydrogens (tertiary/aromatic N) is 2. The number of oxime groups is 1. The molecule has 0 spiro atoms. The first-order chi connectivity index (χ1) is 20.4. The maximum atomic E-state index is 15.7. The van der Waals surface area contributed by atoms with Crippen molar-refractivity contribution in [3.8, 4) is 11.1 Å². The van der Waals surface area contributed by atoms with Gasteiger partial charge in [0.15, 0.2) is 0 Å². The number of hydrogen-bond donors (Lipinski definition) is 1. The molecular weight excluding hydrogens is 597 g/mol. The fraction of sp³-hybridized carbons (Fsp3) is 0.226. The molecule has 0 aliphatic carbocycles. The maximum Gasteiger partial charge on any atom is 0.416 e. The quantitative estimate of drug-likeness (QED) is 0.0985. The van der Waals surface area contributed by atoms with E-state index < -0.39 is 59.8 Å². The van der Waals surface area contributed by atoms with Crippen molar-refractivity contribution >= 4 is 17.5 Å². The lowest BCUT2D eigenvalue weighted by Crippen LogP contribution is -2.32. The van der Waals surface area contributed by atoms with Crippen LogP contribution >= 0.6 is 11.8 Å². The molecule has 3 aromatic carbocycles. The van der Waals surface area contributed by atoms with Crippen molar-refractivity contribution in [2.24, 2.45) is 5.16 Å². The molecule has 0 saturated heterocycles. The van der Waals surface area contributed by atoms with Gasteiger partial charge < -0.3 is 5.21 Å². The number of aromatic nitrogens is 1. The number of alkyl halides is 5. The van der Waals surface area contributed by atoms with Gasteiger partial charge in [-0.1, -0.05) is 59.8 Å². The van der Waals surface area contributed by atoms with Crippen LogP contribution in [-0.4, -0.2) is 27.7 Å². The molecule has 4 nitrogen and oxygen atoms in total. The lowest BCUT2D eigenvalue weighted by Gasteiger charge is -2.22. The molecule has 224 valence electrons.